The summed E-state index contributed by atoms with van der Waals surface area (Å²) in [7, 11) is 0. The van der Waals surface area contributed by atoms with Gasteiger partial charge in [-0.2, -0.15) is 4.98 Å². The minimum atomic E-state index is 0.192. The molecule has 0 bridgehead atoms. The topological polar surface area (TPSA) is 68.5 Å². The predicted octanol–water partition coefficient (Wildman–Crippen LogP) is 2.33. The first-order valence-electron chi connectivity index (χ1n) is 8.32. The first-order chi connectivity index (χ1) is 10.6. The maximum absolute atomic E-state index is 12.1. The second-order valence-electron chi connectivity index (χ2n) is 6.80. The van der Waals surface area contributed by atoms with Gasteiger partial charge in [-0.1, -0.05) is 19.0 Å². The molecule has 1 aromatic heterocycles. The normalized spacial score (nSPS) is 23.4. The van der Waals surface area contributed by atoms with Gasteiger partial charge in [-0.3, -0.25) is 4.79 Å². The zero-order chi connectivity index (χ0) is 15.5. The summed E-state index contributed by atoms with van der Waals surface area (Å²) in [5.74, 6) is 2.69. The number of rotatable bonds is 4. The highest BCUT2D eigenvalue weighted by Crippen LogP contribution is 2.30. The molecule has 0 aromatic carbocycles. The van der Waals surface area contributed by atoms with Gasteiger partial charge in [0.05, 0.1) is 5.92 Å². The smallest absolute Gasteiger partial charge is 0.231 e. The van der Waals surface area contributed by atoms with Gasteiger partial charge in [-0.25, -0.2) is 0 Å². The molecule has 2 saturated heterocycles. The van der Waals surface area contributed by atoms with E-state index in [-0.39, 0.29) is 11.8 Å². The Hall–Kier alpha value is -1.43. The van der Waals surface area contributed by atoms with Gasteiger partial charge < -0.3 is 14.2 Å². The molecule has 22 heavy (non-hydrogen) atoms. The lowest BCUT2D eigenvalue weighted by Crippen LogP contribution is -2.29. The van der Waals surface area contributed by atoms with Crippen molar-refractivity contribution in [1.82, 2.24) is 15.0 Å². The molecule has 0 N–H and O–H groups in total. The number of ether oxygens (including phenoxy) is 1. The van der Waals surface area contributed by atoms with E-state index in [4.69, 9.17) is 9.26 Å². The van der Waals surface area contributed by atoms with E-state index >= 15 is 0 Å². The van der Waals surface area contributed by atoms with Gasteiger partial charge in [0.1, 0.15) is 0 Å². The van der Waals surface area contributed by atoms with Gasteiger partial charge in [-0.05, 0) is 25.2 Å². The molecule has 3 rings (SSSR count). The van der Waals surface area contributed by atoms with Gasteiger partial charge in [-0.15, -0.1) is 0 Å². The van der Waals surface area contributed by atoms with Crippen molar-refractivity contribution in [3.63, 3.8) is 0 Å². The average molecular weight is 307 g/mol. The lowest BCUT2D eigenvalue weighted by molar-refractivity contribution is -0.130. The zero-order valence-corrected chi connectivity index (χ0v) is 13.5. The SMILES string of the molecule is CC(C)CC(=O)N1CCC(c2nc(C3CCOCC3)no2)C1. The summed E-state index contributed by atoms with van der Waals surface area (Å²) in [6.07, 6.45) is 3.45. The quantitative estimate of drug-likeness (QED) is 0.854. The highest BCUT2D eigenvalue weighted by molar-refractivity contribution is 5.76. The molecule has 1 atom stereocenters. The number of amides is 1. The van der Waals surface area contributed by atoms with E-state index < -0.39 is 0 Å². The lowest BCUT2D eigenvalue weighted by atomic mass is 10.00. The molecule has 1 unspecified atom stereocenters. The van der Waals surface area contributed by atoms with Crippen LogP contribution in [0, 0.1) is 5.92 Å². The fourth-order valence-corrected chi connectivity index (χ4v) is 3.20. The largest absolute Gasteiger partial charge is 0.381 e. The van der Waals surface area contributed by atoms with Crippen LogP contribution < -0.4 is 0 Å². The summed E-state index contributed by atoms with van der Waals surface area (Å²) in [6.45, 7) is 7.20. The van der Waals surface area contributed by atoms with Crippen LogP contribution >= 0.6 is 0 Å². The minimum absolute atomic E-state index is 0.192. The molecule has 0 spiro atoms. The molecule has 0 radical (unpaired) electrons. The fraction of sp³-hybridized carbons (Fsp3) is 0.812. The molecule has 2 aliphatic rings. The van der Waals surface area contributed by atoms with E-state index in [9.17, 15) is 4.79 Å². The van der Waals surface area contributed by atoms with E-state index in [1.54, 1.807) is 0 Å². The van der Waals surface area contributed by atoms with Gasteiger partial charge in [0.15, 0.2) is 5.82 Å². The molecule has 0 saturated carbocycles. The molecule has 0 aliphatic carbocycles. The van der Waals surface area contributed by atoms with Gasteiger partial charge in [0.25, 0.3) is 0 Å². The summed E-state index contributed by atoms with van der Waals surface area (Å²) >= 11 is 0. The van der Waals surface area contributed by atoms with Crippen molar-refractivity contribution in [3.05, 3.63) is 11.7 Å². The standard InChI is InChI=1S/C16H25N3O3/c1-11(2)9-14(20)19-6-3-13(10-19)16-17-15(18-22-16)12-4-7-21-8-5-12/h11-13H,3-10H2,1-2H3. The van der Waals surface area contributed by atoms with Crippen molar-refractivity contribution in [3.8, 4) is 0 Å². The molecule has 122 valence electrons. The van der Waals surface area contributed by atoms with Crippen LogP contribution in [0.25, 0.3) is 0 Å². The number of carbonyl (C=O) groups excluding carboxylic acids is 1. The van der Waals surface area contributed by atoms with Gasteiger partial charge in [0, 0.05) is 38.6 Å². The first kappa shape index (κ1) is 15.5. The average Bonchev–Trinajstić information content (AvgIpc) is 3.17. The van der Waals surface area contributed by atoms with E-state index in [1.165, 1.54) is 0 Å². The van der Waals surface area contributed by atoms with Gasteiger partial charge in [0.2, 0.25) is 11.8 Å². The van der Waals surface area contributed by atoms with Crippen LogP contribution in [0.4, 0.5) is 0 Å². The Morgan fingerprint density at radius 1 is 1.27 bits per heavy atom. The van der Waals surface area contributed by atoms with Crippen molar-refractivity contribution in [2.75, 3.05) is 26.3 Å². The summed E-state index contributed by atoms with van der Waals surface area (Å²) < 4.78 is 10.8. The van der Waals surface area contributed by atoms with E-state index in [2.05, 4.69) is 24.0 Å². The molecule has 1 amide bonds. The third-order valence-corrected chi connectivity index (χ3v) is 4.52. The molecular formula is C16H25N3O3. The second kappa shape index (κ2) is 6.77. The maximum atomic E-state index is 12.1. The molecule has 2 aliphatic heterocycles. The van der Waals surface area contributed by atoms with Crippen LogP contribution in [0.3, 0.4) is 0 Å². The Balaban J connectivity index is 1.59. The third-order valence-electron chi connectivity index (χ3n) is 4.52. The number of hydrogen-bond donors (Lipinski definition) is 0. The van der Waals surface area contributed by atoms with Gasteiger partial charge >= 0.3 is 0 Å². The van der Waals surface area contributed by atoms with E-state index in [0.717, 1.165) is 44.8 Å². The summed E-state index contributed by atoms with van der Waals surface area (Å²) in [5.41, 5.74) is 0. The monoisotopic (exact) mass is 307 g/mol. The minimum Gasteiger partial charge on any atom is -0.381 e. The Bertz CT molecular complexity index is 508. The van der Waals surface area contributed by atoms with E-state index in [1.807, 2.05) is 4.90 Å². The van der Waals surface area contributed by atoms with Crippen LogP contribution in [0.2, 0.25) is 0 Å². The summed E-state index contributed by atoms with van der Waals surface area (Å²) in [5, 5.41) is 4.16. The zero-order valence-electron chi connectivity index (χ0n) is 13.5. The van der Waals surface area contributed by atoms with Crippen LogP contribution in [-0.2, 0) is 9.53 Å². The van der Waals surface area contributed by atoms with Crippen LogP contribution in [0.5, 0.6) is 0 Å². The van der Waals surface area contributed by atoms with Crippen molar-refractivity contribution in [1.29, 1.82) is 0 Å². The fourth-order valence-electron chi connectivity index (χ4n) is 3.20. The van der Waals surface area contributed by atoms with Crippen LogP contribution in [-0.4, -0.2) is 47.3 Å². The number of carbonyl (C=O) groups is 1. The van der Waals surface area contributed by atoms with Crippen molar-refractivity contribution >= 4 is 5.91 Å². The van der Waals surface area contributed by atoms with Crippen LogP contribution in [0.15, 0.2) is 4.52 Å². The summed E-state index contributed by atoms with van der Waals surface area (Å²) in [4.78, 5) is 18.7. The molecule has 2 fully saturated rings. The Morgan fingerprint density at radius 2 is 2.05 bits per heavy atom. The van der Waals surface area contributed by atoms with Crippen LogP contribution in [0.1, 0.15) is 63.1 Å². The number of likely N-dealkylation sites (tertiary alicyclic amines) is 1. The lowest BCUT2D eigenvalue weighted by Gasteiger charge is -2.18. The van der Waals surface area contributed by atoms with Crippen molar-refractivity contribution < 1.29 is 14.1 Å². The molecule has 6 heteroatoms. The number of hydrogen-bond acceptors (Lipinski definition) is 5. The Kier molecular flexibility index (Phi) is 4.76. The Labute approximate surface area is 131 Å². The summed E-state index contributed by atoms with van der Waals surface area (Å²) in [6, 6.07) is 0. The predicted molar refractivity (Wildman–Crippen MR) is 80.5 cm³/mol. The molecule has 3 heterocycles. The highest BCUT2D eigenvalue weighted by Gasteiger charge is 2.32. The number of aromatic nitrogens is 2. The highest BCUT2D eigenvalue weighted by atomic mass is 16.5. The molecule has 1 aromatic rings. The van der Waals surface area contributed by atoms with E-state index in [0.29, 0.717) is 30.7 Å². The number of nitrogens with zero attached hydrogens (tertiary/aromatic N) is 3. The molecule has 6 nitrogen and oxygen atoms in total. The second-order valence-corrected chi connectivity index (χ2v) is 6.80. The first-order valence-corrected chi connectivity index (χ1v) is 8.32. The Morgan fingerprint density at radius 3 is 2.77 bits per heavy atom. The maximum Gasteiger partial charge on any atom is 0.231 e. The molecular weight excluding hydrogens is 282 g/mol. The third kappa shape index (κ3) is 3.48. The van der Waals surface area contributed by atoms with Crippen molar-refractivity contribution in [2.24, 2.45) is 5.92 Å². The van der Waals surface area contributed by atoms with Crippen molar-refractivity contribution in [2.45, 2.75) is 51.4 Å².